The zero-order chi connectivity index (χ0) is 12.6. The van der Waals surface area contributed by atoms with Gasteiger partial charge in [0.2, 0.25) is 0 Å². The summed E-state index contributed by atoms with van der Waals surface area (Å²) in [7, 11) is 0. The van der Waals surface area contributed by atoms with Crippen molar-refractivity contribution in [2.75, 3.05) is 6.54 Å². The Kier molecular flexibility index (Phi) is 7.45. The summed E-state index contributed by atoms with van der Waals surface area (Å²) in [6.07, 6.45) is 2.04. The summed E-state index contributed by atoms with van der Waals surface area (Å²) < 4.78 is 0. The minimum absolute atomic E-state index is 0. The molecule has 0 saturated heterocycles. The smallest absolute Gasteiger partial charge is 0.101 e. The van der Waals surface area contributed by atoms with Gasteiger partial charge in [-0.05, 0) is 5.56 Å². The molecule has 1 atom stereocenters. The van der Waals surface area contributed by atoms with Crippen LogP contribution in [0.15, 0.2) is 73.3 Å². The lowest BCUT2D eigenvalue weighted by Crippen LogP contribution is -3.00. The first-order chi connectivity index (χ1) is 8.90. The summed E-state index contributed by atoms with van der Waals surface area (Å²) in [5, 5.41) is 2.34. The predicted octanol–water partition coefficient (Wildman–Crippen LogP) is -0.276. The molecule has 1 nitrogen and oxygen atoms in total. The zero-order valence-electron chi connectivity index (χ0n) is 11.0. The van der Waals surface area contributed by atoms with Gasteiger partial charge in [-0.1, -0.05) is 66.7 Å². The van der Waals surface area contributed by atoms with Gasteiger partial charge in [-0.3, -0.25) is 0 Å². The molecule has 0 aliphatic carbocycles. The van der Waals surface area contributed by atoms with Gasteiger partial charge < -0.3 is 29.3 Å². The molecule has 2 heteroatoms. The Morgan fingerprint density at radius 1 is 0.947 bits per heavy atom. The van der Waals surface area contributed by atoms with Gasteiger partial charge in [-0.2, -0.15) is 0 Å². The molecule has 0 saturated carbocycles. The SMILES string of the molecule is C=CC(C[NH2+]Cc1ccccc1)c1ccccc1.[I-]. The van der Waals surface area contributed by atoms with Crippen molar-refractivity contribution in [3.8, 4) is 0 Å². The van der Waals surface area contributed by atoms with E-state index in [4.69, 9.17) is 0 Å². The van der Waals surface area contributed by atoms with E-state index < -0.39 is 0 Å². The highest BCUT2D eigenvalue weighted by atomic mass is 127. The van der Waals surface area contributed by atoms with Crippen molar-refractivity contribution in [2.45, 2.75) is 12.5 Å². The number of halogens is 1. The largest absolute Gasteiger partial charge is 1.00 e. The van der Waals surface area contributed by atoms with E-state index in [9.17, 15) is 0 Å². The second-order valence-corrected chi connectivity index (χ2v) is 4.47. The Hall–Kier alpha value is -1.13. The van der Waals surface area contributed by atoms with Gasteiger partial charge in [0.25, 0.3) is 0 Å². The van der Waals surface area contributed by atoms with Gasteiger partial charge >= 0.3 is 0 Å². The van der Waals surface area contributed by atoms with E-state index in [2.05, 4.69) is 72.6 Å². The average molecular weight is 365 g/mol. The van der Waals surface area contributed by atoms with Crippen LogP contribution in [0.2, 0.25) is 0 Å². The molecule has 0 bridgehead atoms. The molecule has 1 unspecified atom stereocenters. The van der Waals surface area contributed by atoms with Crippen molar-refractivity contribution in [3.05, 3.63) is 84.4 Å². The van der Waals surface area contributed by atoms with Gasteiger partial charge in [0.1, 0.15) is 6.54 Å². The Morgan fingerprint density at radius 2 is 1.53 bits per heavy atom. The monoisotopic (exact) mass is 365 g/mol. The summed E-state index contributed by atoms with van der Waals surface area (Å²) in [6.45, 7) is 6.01. The lowest BCUT2D eigenvalue weighted by atomic mass is 9.99. The third kappa shape index (κ3) is 5.17. The second-order valence-electron chi connectivity index (χ2n) is 4.47. The quantitative estimate of drug-likeness (QED) is 0.536. The van der Waals surface area contributed by atoms with Gasteiger partial charge in [0, 0.05) is 5.56 Å². The first kappa shape index (κ1) is 15.9. The summed E-state index contributed by atoms with van der Waals surface area (Å²) in [5.74, 6) is 0.426. The summed E-state index contributed by atoms with van der Waals surface area (Å²) in [6, 6.07) is 21.1. The Labute approximate surface area is 132 Å². The van der Waals surface area contributed by atoms with E-state index in [1.807, 2.05) is 6.08 Å². The minimum atomic E-state index is 0. The molecule has 2 aromatic carbocycles. The Balaban J connectivity index is 0.00000180. The lowest BCUT2D eigenvalue weighted by molar-refractivity contribution is -0.671. The predicted molar refractivity (Wildman–Crippen MR) is 76.3 cm³/mol. The van der Waals surface area contributed by atoms with Gasteiger partial charge in [-0.25, -0.2) is 0 Å². The van der Waals surface area contributed by atoms with Gasteiger partial charge in [-0.15, -0.1) is 6.58 Å². The van der Waals surface area contributed by atoms with Crippen LogP contribution in [0, 0.1) is 0 Å². The molecule has 0 aromatic heterocycles. The van der Waals surface area contributed by atoms with Crippen LogP contribution < -0.4 is 29.3 Å². The number of hydrogen-bond acceptors (Lipinski definition) is 0. The number of quaternary nitrogens is 1. The number of hydrogen-bond donors (Lipinski definition) is 1. The highest BCUT2D eigenvalue weighted by Gasteiger charge is 2.08. The number of rotatable bonds is 6. The highest BCUT2D eigenvalue weighted by molar-refractivity contribution is 5.23. The Bertz CT molecular complexity index is 467. The first-order valence-electron chi connectivity index (χ1n) is 6.43. The van der Waals surface area contributed by atoms with E-state index in [1.54, 1.807) is 0 Å². The molecular formula is C17H20IN. The fraction of sp³-hybridized carbons (Fsp3) is 0.176. The molecule has 0 fully saturated rings. The third-order valence-corrected chi connectivity index (χ3v) is 3.16. The van der Waals surface area contributed by atoms with Crippen LogP contribution in [0.3, 0.4) is 0 Å². The van der Waals surface area contributed by atoms with E-state index >= 15 is 0 Å². The fourth-order valence-electron chi connectivity index (χ4n) is 2.11. The number of benzene rings is 2. The minimum Gasteiger partial charge on any atom is -1.00 e. The second kappa shape index (κ2) is 8.88. The van der Waals surface area contributed by atoms with Crippen LogP contribution in [-0.2, 0) is 6.54 Å². The van der Waals surface area contributed by atoms with E-state index in [-0.39, 0.29) is 24.0 Å². The van der Waals surface area contributed by atoms with Crippen molar-refractivity contribution in [1.82, 2.24) is 0 Å². The van der Waals surface area contributed by atoms with Crippen molar-refractivity contribution in [1.29, 1.82) is 0 Å². The number of nitrogens with two attached hydrogens (primary N) is 1. The molecule has 0 heterocycles. The molecule has 2 aromatic rings. The van der Waals surface area contributed by atoms with Crippen LogP contribution in [0.4, 0.5) is 0 Å². The zero-order valence-corrected chi connectivity index (χ0v) is 13.2. The first-order valence-corrected chi connectivity index (χ1v) is 6.43. The molecular weight excluding hydrogens is 345 g/mol. The summed E-state index contributed by atoms with van der Waals surface area (Å²) >= 11 is 0. The van der Waals surface area contributed by atoms with Crippen LogP contribution in [0.5, 0.6) is 0 Å². The normalized spacial score (nSPS) is 11.4. The van der Waals surface area contributed by atoms with E-state index in [0.29, 0.717) is 5.92 Å². The van der Waals surface area contributed by atoms with Crippen LogP contribution >= 0.6 is 0 Å². The molecule has 2 N–H and O–H groups in total. The Morgan fingerprint density at radius 3 is 2.11 bits per heavy atom. The lowest BCUT2D eigenvalue weighted by Gasteiger charge is -2.11. The van der Waals surface area contributed by atoms with Crippen LogP contribution in [0.25, 0.3) is 0 Å². The van der Waals surface area contributed by atoms with E-state index in [0.717, 1.165) is 13.1 Å². The molecule has 0 spiro atoms. The average Bonchev–Trinajstić information content (AvgIpc) is 2.46. The molecule has 2 rings (SSSR count). The maximum Gasteiger partial charge on any atom is 0.101 e. The van der Waals surface area contributed by atoms with Crippen LogP contribution in [-0.4, -0.2) is 6.54 Å². The fourth-order valence-corrected chi connectivity index (χ4v) is 2.11. The van der Waals surface area contributed by atoms with Crippen molar-refractivity contribution < 1.29 is 29.3 Å². The van der Waals surface area contributed by atoms with Gasteiger partial charge in [0.05, 0.1) is 12.5 Å². The molecule has 0 aliphatic heterocycles. The maximum atomic E-state index is 3.94. The van der Waals surface area contributed by atoms with Crippen molar-refractivity contribution in [2.24, 2.45) is 0 Å². The van der Waals surface area contributed by atoms with Gasteiger partial charge in [0.15, 0.2) is 0 Å². The molecule has 19 heavy (non-hydrogen) atoms. The molecule has 0 radical (unpaired) electrons. The third-order valence-electron chi connectivity index (χ3n) is 3.16. The highest BCUT2D eigenvalue weighted by Crippen LogP contribution is 2.13. The summed E-state index contributed by atoms with van der Waals surface area (Å²) in [5.41, 5.74) is 2.71. The van der Waals surface area contributed by atoms with E-state index in [1.165, 1.54) is 11.1 Å². The molecule has 0 amide bonds. The summed E-state index contributed by atoms with van der Waals surface area (Å²) in [4.78, 5) is 0. The van der Waals surface area contributed by atoms with Crippen LogP contribution in [0.1, 0.15) is 17.0 Å². The van der Waals surface area contributed by atoms with Crippen molar-refractivity contribution >= 4 is 0 Å². The molecule has 100 valence electrons. The maximum absolute atomic E-state index is 3.94. The van der Waals surface area contributed by atoms with Crippen molar-refractivity contribution in [3.63, 3.8) is 0 Å². The standard InChI is InChI=1S/C17H19N.HI/c1-2-16(17-11-7-4-8-12-17)14-18-13-15-9-5-3-6-10-15;/h2-12,16,18H,1,13-14H2;1H. The topological polar surface area (TPSA) is 16.6 Å². The molecule has 0 aliphatic rings.